The molecule has 6 heteroatoms. The molecule has 6 nitrogen and oxygen atoms in total. The summed E-state index contributed by atoms with van der Waals surface area (Å²) in [7, 11) is 0. The smallest absolute Gasteiger partial charge is 0.115 e. The maximum atomic E-state index is 11.0. The molecule has 34 heavy (non-hydrogen) atoms. The first-order valence-corrected chi connectivity index (χ1v) is 11.6. The topological polar surface area (TPSA) is 88.4 Å². The summed E-state index contributed by atoms with van der Waals surface area (Å²) in [4.78, 5) is 0. The fraction of sp³-hybridized carbons (Fsp3) is 0.357. The van der Waals surface area contributed by atoms with Crippen molar-refractivity contribution in [1.82, 2.24) is 0 Å². The Kier molecular flexibility index (Phi) is 8.82. The molecule has 0 unspecified atom stereocenters. The molecule has 3 N–H and O–H groups in total. The van der Waals surface area contributed by atoms with Crippen LogP contribution in [-0.4, -0.2) is 52.4 Å². The summed E-state index contributed by atoms with van der Waals surface area (Å²) in [6.45, 7) is 0.453. The highest BCUT2D eigenvalue weighted by atomic mass is 16.6. The molecule has 0 aliphatic heterocycles. The van der Waals surface area contributed by atoms with E-state index in [1.54, 1.807) is 0 Å². The Bertz CT molecular complexity index is 968. The van der Waals surface area contributed by atoms with Crippen LogP contribution in [0.15, 0.2) is 91.0 Å². The van der Waals surface area contributed by atoms with E-state index in [9.17, 15) is 15.3 Å². The minimum Gasteiger partial charge on any atom is -0.396 e. The van der Waals surface area contributed by atoms with Crippen LogP contribution in [0.1, 0.15) is 16.7 Å². The molecule has 0 heterocycles. The molecule has 180 valence electrons. The molecule has 0 amide bonds. The van der Waals surface area contributed by atoms with Crippen LogP contribution in [0.25, 0.3) is 0 Å². The average molecular weight is 465 g/mol. The summed E-state index contributed by atoms with van der Waals surface area (Å²) in [5, 5.41) is 31.9. The van der Waals surface area contributed by atoms with Gasteiger partial charge in [0.15, 0.2) is 0 Å². The van der Waals surface area contributed by atoms with Gasteiger partial charge in [-0.15, -0.1) is 0 Å². The van der Waals surface area contributed by atoms with E-state index in [1.807, 2.05) is 91.0 Å². The van der Waals surface area contributed by atoms with Crippen LogP contribution < -0.4 is 0 Å². The predicted molar refractivity (Wildman–Crippen MR) is 128 cm³/mol. The minimum atomic E-state index is -1.24. The Morgan fingerprint density at radius 2 is 0.882 bits per heavy atom. The molecule has 1 aliphatic carbocycles. The van der Waals surface area contributed by atoms with E-state index in [-0.39, 0.29) is 26.4 Å². The quantitative estimate of drug-likeness (QED) is 0.427. The Balaban J connectivity index is 1.57. The second kappa shape index (κ2) is 12.2. The van der Waals surface area contributed by atoms with Crippen LogP contribution in [0.4, 0.5) is 0 Å². The number of ether oxygens (including phenoxy) is 3. The standard InChI is InChI=1S/C28H32O6/c29-16-23-24(30)25(31)27(33-18-21-12-6-2-7-13-21)28(34-19-22-14-8-3-9-15-22)26(23)32-17-20-10-4-1-5-11-20/h1-15,23-31H,16-19H2/t23-,24+,25-,26+,27-,28-/m0/s1. The lowest BCUT2D eigenvalue weighted by Crippen LogP contribution is -2.64. The highest BCUT2D eigenvalue weighted by molar-refractivity contribution is 5.16. The number of aliphatic hydroxyl groups is 3. The van der Waals surface area contributed by atoms with Gasteiger partial charge in [0.05, 0.1) is 38.6 Å². The third-order valence-electron chi connectivity index (χ3n) is 6.26. The Morgan fingerprint density at radius 1 is 0.500 bits per heavy atom. The van der Waals surface area contributed by atoms with Crippen LogP contribution in [0.2, 0.25) is 0 Å². The Labute approximate surface area is 200 Å². The molecule has 3 aromatic rings. The number of benzene rings is 3. The fourth-order valence-corrected chi connectivity index (χ4v) is 4.38. The molecule has 6 atom stereocenters. The first-order valence-electron chi connectivity index (χ1n) is 11.6. The maximum absolute atomic E-state index is 11.0. The molecular formula is C28H32O6. The molecule has 1 fully saturated rings. The summed E-state index contributed by atoms with van der Waals surface area (Å²) in [6.07, 6.45) is -4.69. The molecule has 1 saturated carbocycles. The van der Waals surface area contributed by atoms with Gasteiger partial charge in [-0.3, -0.25) is 0 Å². The summed E-state index contributed by atoms with van der Waals surface area (Å²) in [5.74, 6) is -0.726. The van der Waals surface area contributed by atoms with Gasteiger partial charge >= 0.3 is 0 Å². The largest absolute Gasteiger partial charge is 0.396 e. The molecule has 0 saturated heterocycles. The van der Waals surface area contributed by atoms with E-state index in [1.165, 1.54) is 0 Å². The van der Waals surface area contributed by atoms with Crippen molar-refractivity contribution in [2.24, 2.45) is 5.92 Å². The third-order valence-corrected chi connectivity index (χ3v) is 6.26. The highest BCUT2D eigenvalue weighted by Gasteiger charge is 2.51. The van der Waals surface area contributed by atoms with Gasteiger partial charge in [-0.25, -0.2) is 0 Å². The SMILES string of the molecule is OC[C@H]1[C@@H](O)[C@H](O)[C@H](OCc2ccccc2)[C@@H](OCc2ccccc2)[C@@H]1OCc1ccccc1. The summed E-state index contributed by atoms with van der Waals surface area (Å²) in [6, 6.07) is 29.0. The molecule has 0 aromatic heterocycles. The number of aliphatic hydroxyl groups excluding tert-OH is 3. The lowest BCUT2D eigenvalue weighted by atomic mass is 9.78. The van der Waals surface area contributed by atoms with Gasteiger partial charge in [0.1, 0.15) is 18.3 Å². The fourth-order valence-electron chi connectivity index (χ4n) is 4.38. The zero-order valence-corrected chi connectivity index (χ0v) is 19.0. The van der Waals surface area contributed by atoms with Crippen molar-refractivity contribution in [3.05, 3.63) is 108 Å². The zero-order chi connectivity index (χ0) is 23.8. The van der Waals surface area contributed by atoms with E-state index < -0.39 is 36.4 Å². The maximum Gasteiger partial charge on any atom is 0.115 e. The molecule has 1 aliphatic rings. The molecule has 0 radical (unpaired) electrons. The van der Waals surface area contributed by atoms with Crippen LogP contribution >= 0.6 is 0 Å². The monoisotopic (exact) mass is 464 g/mol. The van der Waals surface area contributed by atoms with Gasteiger partial charge in [0.2, 0.25) is 0 Å². The highest BCUT2D eigenvalue weighted by Crippen LogP contribution is 2.34. The number of hydrogen-bond donors (Lipinski definition) is 3. The molecular weight excluding hydrogens is 432 g/mol. The third kappa shape index (κ3) is 6.10. The lowest BCUT2D eigenvalue weighted by Gasteiger charge is -2.46. The van der Waals surface area contributed by atoms with E-state index >= 15 is 0 Å². The van der Waals surface area contributed by atoms with Crippen molar-refractivity contribution in [3.63, 3.8) is 0 Å². The second-order valence-electron chi connectivity index (χ2n) is 8.61. The Morgan fingerprint density at radius 3 is 1.29 bits per heavy atom. The zero-order valence-electron chi connectivity index (χ0n) is 19.0. The molecule has 0 spiro atoms. The van der Waals surface area contributed by atoms with E-state index in [0.29, 0.717) is 0 Å². The van der Waals surface area contributed by atoms with Gasteiger partial charge in [0, 0.05) is 5.92 Å². The van der Waals surface area contributed by atoms with Gasteiger partial charge in [0.25, 0.3) is 0 Å². The second-order valence-corrected chi connectivity index (χ2v) is 8.61. The molecule has 4 rings (SSSR count). The van der Waals surface area contributed by atoms with Crippen LogP contribution in [0.3, 0.4) is 0 Å². The van der Waals surface area contributed by atoms with Crippen molar-refractivity contribution >= 4 is 0 Å². The minimum absolute atomic E-state index is 0.246. The van der Waals surface area contributed by atoms with Gasteiger partial charge in [-0.05, 0) is 16.7 Å². The normalized spacial score (nSPS) is 26.9. The Hall–Kier alpha value is -2.58. The van der Waals surface area contributed by atoms with Crippen molar-refractivity contribution in [2.75, 3.05) is 6.61 Å². The van der Waals surface area contributed by atoms with Crippen molar-refractivity contribution in [2.45, 2.75) is 50.3 Å². The number of hydrogen-bond acceptors (Lipinski definition) is 6. The predicted octanol–water partition coefficient (Wildman–Crippen LogP) is 3.09. The average Bonchev–Trinajstić information content (AvgIpc) is 2.89. The van der Waals surface area contributed by atoms with Gasteiger partial charge in [-0.1, -0.05) is 91.0 Å². The van der Waals surface area contributed by atoms with Crippen LogP contribution in [0.5, 0.6) is 0 Å². The van der Waals surface area contributed by atoms with Gasteiger partial charge in [-0.2, -0.15) is 0 Å². The van der Waals surface area contributed by atoms with Crippen LogP contribution in [-0.2, 0) is 34.0 Å². The van der Waals surface area contributed by atoms with E-state index in [4.69, 9.17) is 14.2 Å². The van der Waals surface area contributed by atoms with Crippen molar-refractivity contribution in [3.8, 4) is 0 Å². The summed E-state index contributed by atoms with van der Waals surface area (Å²) in [5.41, 5.74) is 2.87. The lowest BCUT2D eigenvalue weighted by molar-refractivity contribution is -0.253. The first-order chi connectivity index (χ1) is 16.7. The summed E-state index contributed by atoms with van der Waals surface area (Å²) < 4.78 is 18.7. The number of rotatable bonds is 10. The van der Waals surface area contributed by atoms with Crippen molar-refractivity contribution in [1.29, 1.82) is 0 Å². The molecule has 0 bridgehead atoms. The van der Waals surface area contributed by atoms with Crippen LogP contribution in [0, 0.1) is 5.92 Å². The molecule has 3 aromatic carbocycles. The van der Waals surface area contributed by atoms with E-state index in [0.717, 1.165) is 16.7 Å². The first kappa shape index (κ1) is 24.5. The summed E-state index contributed by atoms with van der Waals surface area (Å²) >= 11 is 0. The van der Waals surface area contributed by atoms with Crippen molar-refractivity contribution < 1.29 is 29.5 Å². The van der Waals surface area contributed by atoms with Gasteiger partial charge < -0.3 is 29.5 Å². The van der Waals surface area contributed by atoms with E-state index in [2.05, 4.69) is 0 Å².